The van der Waals surface area contributed by atoms with Crippen LogP contribution in [0.25, 0.3) is 6.08 Å². The summed E-state index contributed by atoms with van der Waals surface area (Å²) in [6.45, 7) is 0. The first-order chi connectivity index (χ1) is 7.60. The van der Waals surface area contributed by atoms with Gasteiger partial charge in [0.2, 0.25) is 0 Å². The number of carbonyl (C=O) groups excluding carboxylic acids is 1. The van der Waals surface area contributed by atoms with E-state index in [4.69, 9.17) is 10.4 Å². The quantitative estimate of drug-likeness (QED) is 0.618. The summed E-state index contributed by atoms with van der Waals surface area (Å²) < 4.78 is 13.1. The maximum Gasteiger partial charge on any atom is 0.328 e. The molecular weight excluding hydrogens is 213 g/mol. The highest BCUT2D eigenvalue weighted by molar-refractivity contribution is 5.88. The molecule has 0 aliphatic rings. The lowest BCUT2D eigenvalue weighted by atomic mass is 10.0. The second-order valence-electron chi connectivity index (χ2n) is 2.83. The van der Waals surface area contributed by atoms with Crippen LogP contribution in [0.2, 0.25) is 0 Å². The fourth-order valence-corrected chi connectivity index (χ4v) is 1.15. The van der Waals surface area contributed by atoms with Crippen molar-refractivity contribution in [3.63, 3.8) is 0 Å². The van der Waals surface area contributed by atoms with Gasteiger partial charge in [0, 0.05) is 6.08 Å². The van der Waals surface area contributed by atoms with E-state index in [1.165, 1.54) is 6.07 Å². The summed E-state index contributed by atoms with van der Waals surface area (Å²) in [4.78, 5) is 20.8. The van der Waals surface area contributed by atoms with Crippen LogP contribution < -0.4 is 0 Å². The molecule has 1 aromatic rings. The van der Waals surface area contributed by atoms with Crippen LogP contribution in [-0.2, 0) is 4.79 Å². The van der Waals surface area contributed by atoms with E-state index in [0.29, 0.717) is 0 Å². The van der Waals surface area contributed by atoms with Crippen LogP contribution in [0.15, 0.2) is 18.2 Å². The van der Waals surface area contributed by atoms with Crippen molar-refractivity contribution >= 4 is 18.3 Å². The fraction of sp³-hybridized carbons (Fsp3) is 0. The lowest BCUT2D eigenvalue weighted by molar-refractivity contribution is -0.131. The number of nitrogens with zero attached hydrogens (tertiary/aromatic N) is 1. The summed E-state index contributed by atoms with van der Waals surface area (Å²) in [5, 5.41) is 17.2. The van der Waals surface area contributed by atoms with E-state index in [1.807, 2.05) is 0 Å². The van der Waals surface area contributed by atoms with Gasteiger partial charge in [-0.2, -0.15) is 5.26 Å². The van der Waals surface area contributed by atoms with Gasteiger partial charge in [-0.25, -0.2) is 9.18 Å². The first-order valence-corrected chi connectivity index (χ1v) is 4.19. The Balaban J connectivity index is 3.37. The summed E-state index contributed by atoms with van der Waals surface area (Å²) in [7, 11) is 0. The molecule has 0 spiro atoms. The van der Waals surface area contributed by atoms with Crippen LogP contribution in [0.3, 0.4) is 0 Å². The molecule has 0 aliphatic heterocycles. The number of aliphatic carboxylic acids is 1. The predicted molar refractivity (Wildman–Crippen MR) is 53.2 cm³/mol. The monoisotopic (exact) mass is 219 g/mol. The number of carboxylic acid groups (broad SMARTS) is 1. The lowest BCUT2D eigenvalue weighted by Crippen LogP contribution is -1.96. The zero-order chi connectivity index (χ0) is 12.1. The molecule has 0 unspecified atom stereocenters. The summed E-state index contributed by atoms with van der Waals surface area (Å²) in [5.74, 6) is -2.00. The molecule has 1 aromatic carbocycles. The number of rotatable bonds is 3. The molecule has 4 nitrogen and oxygen atoms in total. The summed E-state index contributed by atoms with van der Waals surface area (Å²) in [5.41, 5.74) is -0.351. The second kappa shape index (κ2) is 4.84. The molecule has 0 aliphatic carbocycles. The minimum absolute atomic E-state index is 0.174. The Morgan fingerprint density at radius 1 is 1.50 bits per heavy atom. The second-order valence-corrected chi connectivity index (χ2v) is 2.83. The van der Waals surface area contributed by atoms with Gasteiger partial charge < -0.3 is 5.11 Å². The van der Waals surface area contributed by atoms with Crippen molar-refractivity contribution in [2.45, 2.75) is 0 Å². The zero-order valence-corrected chi connectivity index (χ0v) is 7.98. The largest absolute Gasteiger partial charge is 0.478 e. The lowest BCUT2D eigenvalue weighted by Gasteiger charge is -2.01. The van der Waals surface area contributed by atoms with Crippen LogP contribution in [0.1, 0.15) is 21.5 Å². The molecule has 0 saturated heterocycles. The Morgan fingerprint density at radius 3 is 2.69 bits per heavy atom. The SMILES string of the molecule is N#Cc1c(/C=C/C(=O)O)ccc(F)c1C=O. The van der Waals surface area contributed by atoms with Crippen LogP contribution in [-0.4, -0.2) is 17.4 Å². The smallest absolute Gasteiger partial charge is 0.328 e. The molecule has 0 heterocycles. The Morgan fingerprint density at radius 2 is 2.19 bits per heavy atom. The Hall–Kier alpha value is -2.48. The molecule has 1 rings (SSSR count). The van der Waals surface area contributed by atoms with Crippen molar-refractivity contribution in [1.29, 1.82) is 5.26 Å². The van der Waals surface area contributed by atoms with Crippen molar-refractivity contribution in [2.24, 2.45) is 0 Å². The molecule has 80 valence electrons. The fourth-order valence-electron chi connectivity index (χ4n) is 1.15. The van der Waals surface area contributed by atoms with E-state index in [1.54, 1.807) is 6.07 Å². The van der Waals surface area contributed by atoms with Gasteiger partial charge in [-0.3, -0.25) is 4.79 Å². The van der Waals surface area contributed by atoms with Crippen molar-refractivity contribution in [2.75, 3.05) is 0 Å². The average molecular weight is 219 g/mol. The highest BCUT2D eigenvalue weighted by atomic mass is 19.1. The van der Waals surface area contributed by atoms with Crippen LogP contribution in [0.5, 0.6) is 0 Å². The third-order valence-electron chi connectivity index (χ3n) is 1.86. The Kier molecular flexibility index (Phi) is 3.51. The van der Waals surface area contributed by atoms with E-state index < -0.39 is 11.8 Å². The summed E-state index contributed by atoms with van der Waals surface area (Å²) in [6, 6.07) is 3.91. The van der Waals surface area contributed by atoms with Gasteiger partial charge in [-0.05, 0) is 17.7 Å². The van der Waals surface area contributed by atoms with Crippen LogP contribution >= 0.6 is 0 Å². The number of hydrogen-bond acceptors (Lipinski definition) is 3. The van der Waals surface area contributed by atoms with E-state index in [9.17, 15) is 14.0 Å². The normalized spacial score (nSPS) is 10.0. The van der Waals surface area contributed by atoms with Crippen LogP contribution in [0.4, 0.5) is 4.39 Å². The molecule has 5 heteroatoms. The standard InChI is InChI=1S/C11H6FNO3/c12-10-3-1-7(2-4-11(15)16)8(5-13)9(10)6-14/h1-4,6H,(H,15,16)/b4-2+. The first-order valence-electron chi connectivity index (χ1n) is 4.19. The van der Waals surface area contributed by atoms with Crippen LogP contribution in [0, 0.1) is 17.1 Å². The predicted octanol–water partition coefficient (Wildman–Crippen LogP) is 1.61. The van der Waals surface area contributed by atoms with E-state index in [-0.39, 0.29) is 23.0 Å². The summed E-state index contributed by atoms with van der Waals surface area (Å²) in [6.07, 6.45) is 2.17. The number of benzene rings is 1. The number of halogens is 1. The number of aldehydes is 1. The molecule has 1 N–H and O–H groups in total. The number of hydrogen-bond donors (Lipinski definition) is 1. The van der Waals surface area contributed by atoms with Gasteiger partial charge in [0.1, 0.15) is 11.9 Å². The zero-order valence-electron chi connectivity index (χ0n) is 7.98. The molecule has 0 amide bonds. The maximum atomic E-state index is 13.1. The van der Waals surface area contributed by atoms with Gasteiger partial charge >= 0.3 is 5.97 Å². The van der Waals surface area contributed by atoms with Gasteiger partial charge in [0.05, 0.1) is 11.1 Å². The van der Waals surface area contributed by atoms with Crippen molar-refractivity contribution in [1.82, 2.24) is 0 Å². The molecule has 0 atom stereocenters. The number of carbonyl (C=O) groups is 2. The molecule has 0 aromatic heterocycles. The van der Waals surface area contributed by atoms with Gasteiger partial charge in [0.25, 0.3) is 0 Å². The van der Waals surface area contributed by atoms with Gasteiger partial charge in [0.15, 0.2) is 6.29 Å². The first kappa shape index (κ1) is 11.6. The third kappa shape index (κ3) is 2.30. The molecule has 16 heavy (non-hydrogen) atoms. The third-order valence-corrected chi connectivity index (χ3v) is 1.86. The highest BCUT2D eigenvalue weighted by Gasteiger charge is 2.11. The highest BCUT2D eigenvalue weighted by Crippen LogP contribution is 2.17. The maximum absolute atomic E-state index is 13.1. The van der Waals surface area contributed by atoms with Crippen molar-refractivity contribution in [3.8, 4) is 6.07 Å². The Labute approximate surface area is 90.2 Å². The average Bonchev–Trinajstić information content (AvgIpc) is 2.26. The molecule has 0 bridgehead atoms. The van der Waals surface area contributed by atoms with Gasteiger partial charge in [-0.15, -0.1) is 0 Å². The van der Waals surface area contributed by atoms with E-state index in [2.05, 4.69) is 0 Å². The summed E-state index contributed by atoms with van der Waals surface area (Å²) >= 11 is 0. The Bertz CT molecular complexity index is 515. The number of carboxylic acids is 1. The topological polar surface area (TPSA) is 78.2 Å². The molecule has 0 fully saturated rings. The minimum atomic E-state index is -1.19. The van der Waals surface area contributed by atoms with Crippen molar-refractivity contribution < 1.29 is 19.1 Å². The van der Waals surface area contributed by atoms with Crippen molar-refractivity contribution in [3.05, 3.63) is 40.7 Å². The van der Waals surface area contributed by atoms with E-state index >= 15 is 0 Å². The van der Waals surface area contributed by atoms with Gasteiger partial charge in [-0.1, -0.05) is 6.07 Å². The molecule has 0 radical (unpaired) electrons. The molecular formula is C11H6FNO3. The minimum Gasteiger partial charge on any atom is -0.478 e. The number of nitriles is 1. The molecule has 0 saturated carbocycles. The van der Waals surface area contributed by atoms with E-state index in [0.717, 1.165) is 18.2 Å².